The van der Waals surface area contributed by atoms with Crippen molar-refractivity contribution in [2.45, 2.75) is 12.3 Å². The Morgan fingerprint density at radius 2 is 1.94 bits per heavy atom. The van der Waals surface area contributed by atoms with Crippen molar-refractivity contribution in [3.63, 3.8) is 0 Å². The van der Waals surface area contributed by atoms with Gasteiger partial charge in [0.15, 0.2) is 0 Å². The van der Waals surface area contributed by atoms with E-state index in [0.717, 1.165) is 16.6 Å². The number of benzene rings is 1. The Hall–Kier alpha value is -1.75. The van der Waals surface area contributed by atoms with Crippen molar-refractivity contribution in [2.24, 2.45) is 0 Å². The van der Waals surface area contributed by atoms with E-state index in [9.17, 15) is 13.6 Å². The molecule has 0 spiro atoms. The van der Waals surface area contributed by atoms with E-state index >= 15 is 0 Å². The van der Waals surface area contributed by atoms with Crippen LogP contribution in [0.15, 0.2) is 29.6 Å². The Labute approximate surface area is 106 Å². The van der Waals surface area contributed by atoms with E-state index in [-0.39, 0.29) is 18.2 Å². The van der Waals surface area contributed by atoms with Gasteiger partial charge in [-0.2, -0.15) is 0 Å². The van der Waals surface area contributed by atoms with Crippen LogP contribution in [-0.4, -0.2) is 5.91 Å². The molecule has 1 aromatic carbocycles. The molecule has 0 fully saturated rings. The summed E-state index contributed by atoms with van der Waals surface area (Å²) in [6.07, 6.45) is 0.219. The number of halogens is 2. The fourth-order valence-electron chi connectivity index (χ4n) is 2.22. The van der Waals surface area contributed by atoms with Gasteiger partial charge in [-0.05, 0) is 29.1 Å². The molecule has 92 valence electrons. The van der Waals surface area contributed by atoms with E-state index in [1.165, 1.54) is 23.5 Å². The predicted molar refractivity (Wildman–Crippen MR) is 65.8 cm³/mol. The third kappa shape index (κ3) is 1.90. The average molecular weight is 265 g/mol. The molecule has 0 saturated carbocycles. The monoisotopic (exact) mass is 265 g/mol. The summed E-state index contributed by atoms with van der Waals surface area (Å²) < 4.78 is 26.5. The normalized spacial score (nSPS) is 18.3. The molecule has 1 aliphatic heterocycles. The summed E-state index contributed by atoms with van der Waals surface area (Å²) in [6.45, 7) is 0. The molecule has 2 aromatic rings. The van der Waals surface area contributed by atoms with Crippen molar-refractivity contribution >= 4 is 22.9 Å². The van der Waals surface area contributed by atoms with Gasteiger partial charge in [-0.15, -0.1) is 11.3 Å². The van der Waals surface area contributed by atoms with Crippen LogP contribution in [0.2, 0.25) is 0 Å². The highest BCUT2D eigenvalue weighted by atomic mass is 32.1. The van der Waals surface area contributed by atoms with Crippen LogP contribution < -0.4 is 5.32 Å². The molecule has 1 amide bonds. The molecule has 0 bridgehead atoms. The Morgan fingerprint density at radius 3 is 2.67 bits per heavy atom. The smallest absolute Gasteiger partial charge is 0.225 e. The standard InChI is InChI=1S/C13H9F2NOS/c14-8-3-7(4-9(15)5-8)10-6-12(17)16-11-1-2-18-13(10)11/h1-5,10H,6H2,(H,16,17)/t10-/m0/s1. The van der Waals surface area contributed by atoms with E-state index < -0.39 is 11.6 Å². The third-order valence-electron chi connectivity index (χ3n) is 2.96. The number of amides is 1. The predicted octanol–water partition coefficient (Wildman–Crippen LogP) is 3.50. The first kappa shape index (κ1) is 11.3. The van der Waals surface area contributed by atoms with E-state index in [2.05, 4.69) is 5.32 Å². The molecular weight excluding hydrogens is 256 g/mol. The molecule has 5 heteroatoms. The van der Waals surface area contributed by atoms with Crippen LogP contribution >= 0.6 is 11.3 Å². The zero-order valence-corrected chi connectivity index (χ0v) is 10.1. The maximum Gasteiger partial charge on any atom is 0.225 e. The fourth-order valence-corrected chi connectivity index (χ4v) is 3.20. The minimum absolute atomic E-state index is 0.129. The lowest BCUT2D eigenvalue weighted by molar-refractivity contribution is -0.116. The second-order valence-electron chi connectivity index (χ2n) is 4.21. The van der Waals surface area contributed by atoms with Crippen molar-refractivity contribution in [3.05, 3.63) is 51.7 Å². The molecule has 1 aliphatic rings. The van der Waals surface area contributed by atoms with Crippen molar-refractivity contribution < 1.29 is 13.6 Å². The van der Waals surface area contributed by atoms with Crippen LogP contribution in [0.5, 0.6) is 0 Å². The molecule has 0 unspecified atom stereocenters. The molecule has 3 rings (SSSR count). The van der Waals surface area contributed by atoms with E-state index in [0.29, 0.717) is 5.56 Å². The molecular formula is C13H9F2NOS. The number of thiophene rings is 1. The Balaban J connectivity index is 2.10. The van der Waals surface area contributed by atoms with Gasteiger partial charge < -0.3 is 5.32 Å². The topological polar surface area (TPSA) is 29.1 Å². The zero-order valence-electron chi connectivity index (χ0n) is 9.24. The molecule has 1 atom stereocenters. The summed E-state index contributed by atoms with van der Waals surface area (Å²) in [5, 5.41) is 4.61. The minimum Gasteiger partial charge on any atom is -0.325 e. The quantitative estimate of drug-likeness (QED) is 0.840. The number of hydrogen-bond acceptors (Lipinski definition) is 2. The molecule has 0 aliphatic carbocycles. The molecule has 1 N–H and O–H groups in total. The van der Waals surface area contributed by atoms with Gasteiger partial charge in [-0.25, -0.2) is 8.78 Å². The van der Waals surface area contributed by atoms with E-state index in [1.54, 1.807) is 6.07 Å². The van der Waals surface area contributed by atoms with Crippen LogP contribution in [0.25, 0.3) is 0 Å². The average Bonchev–Trinajstić information content (AvgIpc) is 2.74. The number of carbonyl (C=O) groups excluding carboxylic acids is 1. The lowest BCUT2D eigenvalue weighted by Gasteiger charge is -2.22. The van der Waals surface area contributed by atoms with Crippen molar-refractivity contribution in [2.75, 3.05) is 5.32 Å². The van der Waals surface area contributed by atoms with Gasteiger partial charge in [-0.3, -0.25) is 4.79 Å². The van der Waals surface area contributed by atoms with Gasteiger partial charge in [0, 0.05) is 23.3 Å². The van der Waals surface area contributed by atoms with Gasteiger partial charge in [0.05, 0.1) is 5.69 Å². The Kier molecular flexibility index (Phi) is 2.63. The third-order valence-corrected chi connectivity index (χ3v) is 3.99. The highest BCUT2D eigenvalue weighted by Crippen LogP contribution is 2.40. The summed E-state index contributed by atoms with van der Waals surface area (Å²) in [4.78, 5) is 12.5. The minimum atomic E-state index is -0.617. The number of rotatable bonds is 1. The number of carbonyl (C=O) groups is 1. The molecule has 18 heavy (non-hydrogen) atoms. The lowest BCUT2D eigenvalue weighted by atomic mass is 9.90. The van der Waals surface area contributed by atoms with Gasteiger partial charge >= 0.3 is 0 Å². The zero-order chi connectivity index (χ0) is 12.7. The molecule has 0 saturated heterocycles. The van der Waals surface area contributed by atoms with Crippen molar-refractivity contribution in [1.29, 1.82) is 0 Å². The molecule has 1 aromatic heterocycles. The second kappa shape index (κ2) is 4.17. The number of anilines is 1. The van der Waals surface area contributed by atoms with Crippen molar-refractivity contribution in [3.8, 4) is 0 Å². The highest BCUT2D eigenvalue weighted by Gasteiger charge is 2.28. The van der Waals surface area contributed by atoms with Crippen LogP contribution in [0, 0.1) is 11.6 Å². The lowest BCUT2D eigenvalue weighted by Crippen LogP contribution is -2.22. The van der Waals surface area contributed by atoms with Crippen LogP contribution in [0.1, 0.15) is 22.8 Å². The second-order valence-corrected chi connectivity index (χ2v) is 5.15. The summed E-state index contributed by atoms with van der Waals surface area (Å²) >= 11 is 1.48. The van der Waals surface area contributed by atoms with Gasteiger partial charge in [0.25, 0.3) is 0 Å². The number of hydrogen-bond donors (Lipinski definition) is 1. The maximum absolute atomic E-state index is 13.2. The van der Waals surface area contributed by atoms with Crippen LogP contribution in [0.4, 0.5) is 14.5 Å². The molecule has 0 radical (unpaired) electrons. The van der Waals surface area contributed by atoms with Gasteiger partial charge in [0.2, 0.25) is 5.91 Å². The largest absolute Gasteiger partial charge is 0.325 e. The van der Waals surface area contributed by atoms with Crippen molar-refractivity contribution in [1.82, 2.24) is 0 Å². The summed E-state index contributed by atoms with van der Waals surface area (Å²) in [5.74, 6) is -1.63. The SMILES string of the molecule is O=C1C[C@@H](c2cc(F)cc(F)c2)c2sccc2N1. The first-order chi connectivity index (χ1) is 8.63. The van der Waals surface area contributed by atoms with Gasteiger partial charge in [-0.1, -0.05) is 0 Å². The highest BCUT2D eigenvalue weighted by molar-refractivity contribution is 7.10. The van der Waals surface area contributed by atoms with Gasteiger partial charge in [0.1, 0.15) is 11.6 Å². The van der Waals surface area contributed by atoms with E-state index in [4.69, 9.17) is 0 Å². The molecule has 2 nitrogen and oxygen atoms in total. The molecule has 2 heterocycles. The first-order valence-corrected chi connectivity index (χ1v) is 6.34. The van der Waals surface area contributed by atoms with E-state index in [1.807, 2.05) is 5.38 Å². The number of nitrogens with one attached hydrogen (secondary N) is 1. The fraction of sp³-hybridized carbons (Fsp3) is 0.154. The Bertz CT molecular complexity index is 603. The number of fused-ring (bicyclic) bond motifs is 1. The summed E-state index contributed by atoms with van der Waals surface area (Å²) in [5.41, 5.74) is 1.25. The summed E-state index contributed by atoms with van der Waals surface area (Å²) in [7, 11) is 0. The maximum atomic E-state index is 13.2. The summed E-state index contributed by atoms with van der Waals surface area (Å²) in [6, 6.07) is 5.22. The van der Waals surface area contributed by atoms with Crippen LogP contribution in [-0.2, 0) is 4.79 Å². The first-order valence-electron chi connectivity index (χ1n) is 5.47. The Morgan fingerprint density at radius 1 is 1.22 bits per heavy atom. The van der Waals surface area contributed by atoms with Crippen LogP contribution in [0.3, 0.4) is 0 Å².